The standard InChI is InChI=1S/C10H19N3O4S/c1-8(2)17-10(14)13-18(15,16)12-7-9-3-5-11-6-4-9/h3,8,11-12H,4-7H2,1-2H3,(H,13,14). The molecule has 0 aromatic heterocycles. The molecule has 3 N–H and O–H groups in total. The van der Waals surface area contributed by atoms with E-state index in [1.54, 1.807) is 18.6 Å². The highest BCUT2D eigenvalue weighted by Gasteiger charge is 2.16. The average molecular weight is 277 g/mol. The van der Waals surface area contributed by atoms with E-state index >= 15 is 0 Å². The quantitative estimate of drug-likeness (QED) is 0.609. The SMILES string of the molecule is CC(C)OC(=O)NS(=O)(=O)NCC1=CCNCC1. The van der Waals surface area contributed by atoms with Crippen LogP contribution in [-0.2, 0) is 14.9 Å². The summed E-state index contributed by atoms with van der Waals surface area (Å²) in [6.45, 7) is 5.04. The highest BCUT2D eigenvalue weighted by Crippen LogP contribution is 2.02. The first-order chi connectivity index (χ1) is 8.39. The Morgan fingerprint density at radius 3 is 2.83 bits per heavy atom. The Balaban J connectivity index is 2.39. The molecule has 0 saturated heterocycles. The third-order valence-electron chi connectivity index (χ3n) is 2.21. The Bertz CT molecular complexity index is 417. The van der Waals surface area contributed by atoms with Crippen LogP contribution in [-0.4, -0.2) is 40.2 Å². The van der Waals surface area contributed by atoms with Crippen LogP contribution in [0, 0.1) is 0 Å². The molecule has 18 heavy (non-hydrogen) atoms. The monoisotopic (exact) mass is 277 g/mol. The molecule has 104 valence electrons. The van der Waals surface area contributed by atoms with Crippen LogP contribution in [0.4, 0.5) is 4.79 Å². The molecule has 1 aliphatic rings. The van der Waals surface area contributed by atoms with Crippen molar-refractivity contribution in [1.29, 1.82) is 0 Å². The van der Waals surface area contributed by atoms with Crippen LogP contribution in [0.3, 0.4) is 0 Å². The second kappa shape index (κ2) is 6.72. The van der Waals surface area contributed by atoms with Crippen LogP contribution in [0.15, 0.2) is 11.6 Å². The number of nitrogens with one attached hydrogen (secondary N) is 3. The van der Waals surface area contributed by atoms with Crippen molar-refractivity contribution in [3.05, 3.63) is 11.6 Å². The van der Waals surface area contributed by atoms with Crippen molar-refractivity contribution in [2.24, 2.45) is 0 Å². The predicted octanol–water partition coefficient (Wildman–Crippen LogP) is -0.125. The molecule has 0 aromatic carbocycles. The first-order valence-electron chi connectivity index (χ1n) is 5.75. The molecule has 0 spiro atoms. The summed E-state index contributed by atoms with van der Waals surface area (Å²) in [5.74, 6) is 0. The minimum atomic E-state index is -3.86. The lowest BCUT2D eigenvalue weighted by Crippen LogP contribution is -2.42. The van der Waals surface area contributed by atoms with Crippen molar-refractivity contribution in [3.8, 4) is 0 Å². The molecule has 1 aliphatic heterocycles. The number of hydrogen-bond acceptors (Lipinski definition) is 5. The van der Waals surface area contributed by atoms with Gasteiger partial charge in [-0.3, -0.25) is 0 Å². The average Bonchev–Trinajstić information content (AvgIpc) is 2.26. The van der Waals surface area contributed by atoms with E-state index < -0.39 is 16.3 Å². The summed E-state index contributed by atoms with van der Waals surface area (Å²) in [4.78, 5) is 11.1. The fourth-order valence-corrected chi connectivity index (χ4v) is 2.12. The van der Waals surface area contributed by atoms with Gasteiger partial charge in [0.2, 0.25) is 0 Å². The zero-order valence-corrected chi connectivity index (χ0v) is 11.3. The summed E-state index contributed by atoms with van der Waals surface area (Å²) in [6, 6.07) is 0. The maximum Gasteiger partial charge on any atom is 0.422 e. The van der Waals surface area contributed by atoms with Gasteiger partial charge in [-0.2, -0.15) is 13.1 Å². The van der Waals surface area contributed by atoms with Gasteiger partial charge in [-0.05, 0) is 26.8 Å². The van der Waals surface area contributed by atoms with Gasteiger partial charge in [-0.25, -0.2) is 9.52 Å². The highest BCUT2D eigenvalue weighted by atomic mass is 32.2. The minimum Gasteiger partial charge on any atom is -0.446 e. The second-order valence-corrected chi connectivity index (χ2v) is 5.70. The lowest BCUT2D eigenvalue weighted by atomic mass is 10.1. The minimum absolute atomic E-state index is 0.200. The number of amides is 1. The summed E-state index contributed by atoms with van der Waals surface area (Å²) in [5.41, 5.74) is 0.997. The summed E-state index contributed by atoms with van der Waals surface area (Å²) >= 11 is 0. The molecular formula is C10H19N3O4S. The summed E-state index contributed by atoms with van der Waals surface area (Å²) in [5, 5.41) is 3.12. The predicted molar refractivity (Wildman–Crippen MR) is 67.2 cm³/mol. The normalized spacial score (nSPS) is 16.3. The number of carbonyl (C=O) groups is 1. The molecule has 0 radical (unpaired) electrons. The smallest absolute Gasteiger partial charge is 0.422 e. The lowest BCUT2D eigenvalue weighted by molar-refractivity contribution is 0.121. The number of rotatable bonds is 5. The van der Waals surface area contributed by atoms with E-state index in [1.165, 1.54) is 0 Å². The van der Waals surface area contributed by atoms with Crippen molar-refractivity contribution >= 4 is 16.3 Å². The first-order valence-corrected chi connectivity index (χ1v) is 7.24. The van der Waals surface area contributed by atoms with Gasteiger partial charge in [0.15, 0.2) is 0 Å². The van der Waals surface area contributed by atoms with Crippen LogP contribution in [0.2, 0.25) is 0 Å². The Morgan fingerprint density at radius 2 is 2.28 bits per heavy atom. The Hall–Kier alpha value is -1.12. The van der Waals surface area contributed by atoms with E-state index in [2.05, 4.69) is 14.8 Å². The fourth-order valence-electron chi connectivity index (χ4n) is 1.40. The van der Waals surface area contributed by atoms with E-state index in [0.717, 1.165) is 25.1 Å². The molecule has 0 aromatic rings. The van der Waals surface area contributed by atoms with Gasteiger partial charge < -0.3 is 10.1 Å². The molecule has 1 heterocycles. The van der Waals surface area contributed by atoms with Crippen molar-refractivity contribution < 1.29 is 17.9 Å². The molecule has 1 amide bonds. The van der Waals surface area contributed by atoms with Crippen LogP contribution >= 0.6 is 0 Å². The van der Waals surface area contributed by atoms with Gasteiger partial charge in [0, 0.05) is 13.1 Å². The van der Waals surface area contributed by atoms with E-state index in [4.69, 9.17) is 0 Å². The van der Waals surface area contributed by atoms with Crippen LogP contribution < -0.4 is 14.8 Å². The fraction of sp³-hybridized carbons (Fsp3) is 0.700. The second-order valence-electron chi connectivity index (χ2n) is 4.20. The highest BCUT2D eigenvalue weighted by molar-refractivity contribution is 7.88. The number of hydrogen-bond donors (Lipinski definition) is 3. The molecule has 1 rings (SSSR count). The third kappa shape index (κ3) is 5.99. The summed E-state index contributed by atoms with van der Waals surface area (Å²) < 4.78 is 31.8. The Labute approximate surface area is 107 Å². The molecule has 0 bridgehead atoms. The largest absolute Gasteiger partial charge is 0.446 e. The maximum absolute atomic E-state index is 11.5. The molecule has 7 nitrogen and oxygen atoms in total. The molecule has 0 atom stereocenters. The summed E-state index contributed by atoms with van der Waals surface area (Å²) in [7, 11) is -3.86. The zero-order valence-electron chi connectivity index (χ0n) is 10.5. The van der Waals surface area contributed by atoms with E-state index in [0.29, 0.717) is 0 Å². The Kier molecular flexibility index (Phi) is 5.57. The number of ether oxygens (including phenoxy) is 1. The van der Waals surface area contributed by atoms with Crippen molar-refractivity contribution in [2.45, 2.75) is 26.4 Å². The molecule has 0 unspecified atom stereocenters. The van der Waals surface area contributed by atoms with Gasteiger partial charge in [-0.1, -0.05) is 11.6 Å². The first kappa shape index (κ1) is 14.9. The van der Waals surface area contributed by atoms with E-state index in [1.807, 2.05) is 6.08 Å². The summed E-state index contributed by atoms with van der Waals surface area (Å²) in [6.07, 6.45) is 1.38. The van der Waals surface area contributed by atoms with Gasteiger partial charge in [0.1, 0.15) is 0 Å². The van der Waals surface area contributed by atoms with Gasteiger partial charge >= 0.3 is 16.3 Å². The van der Waals surface area contributed by atoms with Crippen LogP contribution in [0.25, 0.3) is 0 Å². The molecule has 8 heteroatoms. The van der Waals surface area contributed by atoms with Crippen molar-refractivity contribution in [2.75, 3.05) is 19.6 Å². The third-order valence-corrected chi connectivity index (χ3v) is 3.17. The van der Waals surface area contributed by atoms with Crippen molar-refractivity contribution in [3.63, 3.8) is 0 Å². The molecule has 0 saturated carbocycles. The zero-order chi connectivity index (χ0) is 13.6. The topological polar surface area (TPSA) is 96.5 Å². The van der Waals surface area contributed by atoms with Gasteiger partial charge in [-0.15, -0.1) is 0 Å². The van der Waals surface area contributed by atoms with Crippen LogP contribution in [0.5, 0.6) is 0 Å². The molecular weight excluding hydrogens is 258 g/mol. The van der Waals surface area contributed by atoms with E-state index in [-0.39, 0.29) is 12.6 Å². The Morgan fingerprint density at radius 1 is 1.56 bits per heavy atom. The van der Waals surface area contributed by atoms with E-state index in [9.17, 15) is 13.2 Å². The maximum atomic E-state index is 11.5. The number of carbonyl (C=O) groups excluding carboxylic acids is 1. The van der Waals surface area contributed by atoms with Crippen molar-refractivity contribution in [1.82, 2.24) is 14.8 Å². The molecule has 0 aliphatic carbocycles. The van der Waals surface area contributed by atoms with Gasteiger partial charge in [0.05, 0.1) is 6.10 Å². The van der Waals surface area contributed by atoms with Gasteiger partial charge in [0.25, 0.3) is 0 Å². The molecule has 0 fully saturated rings. The van der Waals surface area contributed by atoms with Crippen LogP contribution in [0.1, 0.15) is 20.3 Å². The lowest BCUT2D eigenvalue weighted by Gasteiger charge is -2.15.